The highest BCUT2D eigenvalue weighted by molar-refractivity contribution is 8.18. The number of imide groups is 1. The van der Waals surface area contributed by atoms with E-state index in [-0.39, 0.29) is 17.8 Å². The quantitative estimate of drug-likeness (QED) is 0.792. The molecule has 1 N–H and O–H groups in total. The molecule has 0 saturated carbocycles. The Morgan fingerprint density at radius 1 is 1.12 bits per heavy atom. The van der Waals surface area contributed by atoms with Crippen molar-refractivity contribution in [1.29, 1.82) is 0 Å². The van der Waals surface area contributed by atoms with Crippen LogP contribution in [0.4, 0.5) is 10.5 Å². The minimum absolute atomic E-state index is 0.148. The van der Waals surface area contributed by atoms with Crippen molar-refractivity contribution in [2.24, 2.45) is 0 Å². The number of anilines is 1. The summed E-state index contributed by atoms with van der Waals surface area (Å²) in [7, 11) is 1.60. The van der Waals surface area contributed by atoms with Gasteiger partial charge in [0.1, 0.15) is 5.75 Å². The van der Waals surface area contributed by atoms with Crippen LogP contribution in [0.3, 0.4) is 0 Å². The summed E-state index contributed by atoms with van der Waals surface area (Å²) in [5.41, 5.74) is 3.95. The topological polar surface area (TPSA) is 58.6 Å². The number of carbonyl (C=O) groups excluding carboxylic acids is 2. The van der Waals surface area contributed by atoms with Gasteiger partial charge in [-0.2, -0.15) is 0 Å². The summed E-state index contributed by atoms with van der Waals surface area (Å²) in [5.74, 6) is 0.460. The molecular formula is C20H20N2O3S. The summed E-state index contributed by atoms with van der Waals surface area (Å²) in [6.45, 7) is 4.14. The number of methoxy groups -OCH3 is 1. The van der Waals surface area contributed by atoms with Crippen LogP contribution in [0.5, 0.6) is 5.75 Å². The third-order valence-electron chi connectivity index (χ3n) is 4.11. The summed E-state index contributed by atoms with van der Waals surface area (Å²) >= 11 is 0.956. The van der Waals surface area contributed by atoms with E-state index in [2.05, 4.69) is 5.32 Å². The van der Waals surface area contributed by atoms with E-state index in [1.807, 2.05) is 56.3 Å². The molecule has 134 valence electrons. The van der Waals surface area contributed by atoms with Crippen LogP contribution >= 0.6 is 11.8 Å². The number of hydrogen-bond donors (Lipinski definition) is 1. The second-order valence-corrected chi connectivity index (χ2v) is 7.03. The number of nitrogens with one attached hydrogen (secondary N) is 1. The molecule has 1 aliphatic rings. The molecule has 0 aliphatic carbocycles. The lowest BCUT2D eigenvalue weighted by atomic mass is 10.1. The van der Waals surface area contributed by atoms with Crippen molar-refractivity contribution in [2.75, 3.05) is 19.1 Å². The number of thioether (sulfide) groups is 1. The maximum Gasteiger partial charge on any atom is 0.295 e. The average Bonchev–Trinajstić information content (AvgIpc) is 2.90. The SMILES string of the molecule is COc1ccc(/C=C2/SC(=O)N(CNc3cc(C)ccc3C)C2=O)cc1. The van der Waals surface area contributed by atoms with Crippen LogP contribution < -0.4 is 10.1 Å². The maximum absolute atomic E-state index is 12.6. The second-order valence-electron chi connectivity index (χ2n) is 6.04. The first-order chi connectivity index (χ1) is 12.5. The van der Waals surface area contributed by atoms with Gasteiger partial charge in [0.25, 0.3) is 11.1 Å². The van der Waals surface area contributed by atoms with Crippen LogP contribution in [0.1, 0.15) is 16.7 Å². The van der Waals surface area contributed by atoms with Crippen LogP contribution in [0, 0.1) is 13.8 Å². The number of carbonyl (C=O) groups is 2. The molecule has 0 aromatic heterocycles. The van der Waals surface area contributed by atoms with Gasteiger partial charge in [-0.1, -0.05) is 24.3 Å². The molecule has 1 saturated heterocycles. The molecule has 2 aromatic rings. The van der Waals surface area contributed by atoms with E-state index in [4.69, 9.17) is 4.74 Å². The molecule has 1 heterocycles. The van der Waals surface area contributed by atoms with Gasteiger partial charge in [0.15, 0.2) is 0 Å². The van der Waals surface area contributed by atoms with Gasteiger partial charge in [0, 0.05) is 5.69 Å². The Hall–Kier alpha value is -2.73. The van der Waals surface area contributed by atoms with E-state index in [9.17, 15) is 9.59 Å². The molecule has 3 rings (SSSR count). The first kappa shape index (κ1) is 18.1. The predicted octanol–water partition coefficient (Wildman–Crippen LogP) is 4.42. The van der Waals surface area contributed by atoms with Crippen LogP contribution in [0.15, 0.2) is 47.4 Å². The van der Waals surface area contributed by atoms with Crippen molar-refractivity contribution >= 4 is 34.7 Å². The smallest absolute Gasteiger partial charge is 0.295 e. The van der Waals surface area contributed by atoms with Gasteiger partial charge >= 0.3 is 0 Å². The Labute approximate surface area is 157 Å². The van der Waals surface area contributed by atoms with E-state index >= 15 is 0 Å². The first-order valence-corrected chi connectivity index (χ1v) is 9.00. The minimum atomic E-state index is -0.284. The van der Waals surface area contributed by atoms with E-state index in [0.717, 1.165) is 39.9 Å². The number of amides is 2. The van der Waals surface area contributed by atoms with Crippen LogP contribution in [-0.2, 0) is 4.79 Å². The Bertz CT molecular complexity index is 875. The molecular weight excluding hydrogens is 348 g/mol. The second kappa shape index (κ2) is 7.66. The average molecular weight is 368 g/mol. The largest absolute Gasteiger partial charge is 0.497 e. The Kier molecular flexibility index (Phi) is 5.32. The summed E-state index contributed by atoms with van der Waals surface area (Å²) < 4.78 is 5.12. The van der Waals surface area contributed by atoms with Gasteiger partial charge in [-0.3, -0.25) is 14.5 Å². The number of hydrogen-bond acceptors (Lipinski definition) is 5. The van der Waals surface area contributed by atoms with Crippen molar-refractivity contribution in [3.8, 4) is 5.75 Å². The molecule has 0 unspecified atom stereocenters. The lowest BCUT2D eigenvalue weighted by Crippen LogP contribution is -2.33. The Morgan fingerprint density at radius 2 is 1.85 bits per heavy atom. The lowest BCUT2D eigenvalue weighted by molar-refractivity contribution is -0.122. The van der Waals surface area contributed by atoms with Crippen molar-refractivity contribution in [3.05, 3.63) is 64.1 Å². The minimum Gasteiger partial charge on any atom is -0.497 e. The monoisotopic (exact) mass is 368 g/mol. The number of benzene rings is 2. The van der Waals surface area contributed by atoms with Gasteiger partial charge in [-0.15, -0.1) is 0 Å². The summed E-state index contributed by atoms with van der Waals surface area (Å²) in [5, 5.41) is 2.91. The molecule has 5 nitrogen and oxygen atoms in total. The third-order valence-corrected chi connectivity index (χ3v) is 5.02. The summed E-state index contributed by atoms with van der Waals surface area (Å²) in [6, 6.07) is 13.4. The zero-order chi connectivity index (χ0) is 18.7. The van der Waals surface area contributed by atoms with E-state index < -0.39 is 0 Å². The zero-order valence-electron chi connectivity index (χ0n) is 14.9. The van der Waals surface area contributed by atoms with Crippen LogP contribution in [-0.4, -0.2) is 29.8 Å². The van der Waals surface area contributed by atoms with Gasteiger partial charge in [-0.05, 0) is 66.6 Å². The molecule has 1 fully saturated rings. The highest BCUT2D eigenvalue weighted by Crippen LogP contribution is 2.32. The molecule has 1 aliphatic heterocycles. The van der Waals surface area contributed by atoms with Crippen molar-refractivity contribution in [3.63, 3.8) is 0 Å². The molecule has 0 radical (unpaired) electrons. The number of nitrogens with zero attached hydrogens (tertiary/aromatic N) is 1. The molecule has 0 bridgehead atoms. The fourth-order valence-electron chi connectivity index (χ4n) is 2.58. The highest BCUT2D eigenvalue weighted by atomic mass is 32.2. The molecule has 0 spiro atoms. The normalized spacial score (nSPS) is 15.7. The molecule has 26 heavy (non-hydrogen) atoms. The highest BCUT2D eigenvalue weighted by Gasteiger charge is 2.34. The predicted molar refractivity (Wildman–Crippen MR) is 105 cm³/mol. The first-order valence-electron chi connectivity index (χ1n) is 8.18. The molecule has 2 aromatic carbocycles. The van der Waals surface area contributed by atoms with Crippen molar-refractivity contribution in [1.82, 2.24) is 4.90 Å². The Balaban J connectivity index is 1.72. The molecule has 6 heteroatoms. The van der Waals surface area contributed by atoms with E-state index in [1.54, 1.807) is 13.2 Å². The van der Waals surface area contributed by atoms with Gasteiger partial charge in [0.2, 0.25) is 0 Å². The zero-order valence-corrected chi connectivity index (χ0v) is 15.7. The number of rotatable bonds is 5. The van der Waals surface area contributed by atoms with E-state index in [0.29, 0.717) is 4.91 Å². The van der Waals surface area contributed by atoms with Crippen molar-refractivity contribution in [2.45, 2.75) is 13.8 Å². The van der Waals surface area contributed by atoms with Gasteiger partial charge < -0.3 is 10.1 Å². The summed E-state index contributed by atoms with van der Waals surface area (Å²) in [4.78, 5) is 26.4. The van der Waals surface area contributed by atoms with Gasteiger partial charge in [0.05, 0.1) is 18.7 Å². The molecule has 2 amide bonds. The number of aryl methyl sites for hydroxylation is 2. The maximum atomic E-state index is 12.6. The molecule has 0 atom stereocenters. The van der Waals surface area contributed by atoms with Crippen molar-refractivity contribution < 1.29 is 14.3 Å². The standard InChI is InChI=1S/C20H20N2O3S/c1-13-4-5-14(2)17(10-13)21-12-22-19(23)18(26-20(22)24)11-15-6-8-16(25-3)9-7-15/h4-11,21H,12H2,1-3H3/b18-11+. The third kappa shape index (κ3) is 3.91. The van der Waals surface area contributed by atoms with Crippen LogP contribution in [0.25, 0.3) is 6.08 Å². The summed E-state index contributed by atoms with van der Waals surface area (Å²) in [6.07, 6.45) is 1.72. The fourth-order valence-corrected chi connectivity index (χ4v) is 3.42. The Morgan fingerprint density at radius 3 is 2.54 bits per heavy atom. The fraction of sp³-hybridized carbons (Fsp3) is 0.200. The van der Waals surface area contributed by atoms with Gasteiger partial charge in [-0.25, -0.2) is 0 Å². The van der Waals surface area contributed by atoms with Crippen LogP contribution in [0.2, 0.25) is 0 Å². The number of ether oxygens (including phenoxy) is 1. The van der Waals surface area contributed by atoms with E-state index in [1.165, 1.54) is 4.90 Å². The lowest BCUT2D eigenvalue weighted by Gasteiger charge is -2.16.